The van der Waals surface area contributed by atoms with Gasteiger partial charge in [-0.15, -0.1) is 0 Å². The predicted octanol–water partition coefficient (Wildman–Crippen LogP) is 5.63. The average molecular weight is 477 g/mol. The number of nitrogens with zero attached hydrogens (tertiary/aromatic N) is 3. The SMILES string of the molecule is CCOc1cc(-c2cc(NCCn3c(C)c(F)c4c(C)cccc43)ncn2)cc(CC)c1C(=O)O. The molecule has 0 radical (unpaired) electrons. The van der Waals surface area contributed by atoms with E-state index in [2.05, 4.69) is 15.3 Å². The third-order valence-corrected chi connectivity index (χ3v) is 6.17. The Hall–Kier alpha value is -3.94. The molecule has 0 bridgehead atoms. The quantitative estimate of drug-likeness (QED) is 0.326. The molecule has 0 aliphatic carbocycles. The van der Waals surface area contributed by atoms with Crippen LogP contribution in [-0.4, -0.2) is 38.8 Å². The van der Waals surface area contributed by atoms with E-state index in [1.54, 1.807) is 13.0 Å². The Morgan fingerprint density at radius 2 is 1.97 bits per heavy atom. The summed E-state index contributed by atoms with van der Waals surface area (Å²) in [4.78, 5) is 20.5. The Balaban J connectivity index is 1.58. The zero-order valence-electron chi connectivity index (χ0n) is 20.4. The number of anilines is 1. The molecule has 0 spiro atoms. The van der Waals surface area contributed by atoms with Crippen molar-refractivity contribution in [3.63, 3.8) is 0 Å². The fourth-order valence-corrected chi connectivity index (χ4v) is 4.45. The van der Waals surface area contributed by atoms with Gasteiger partial charge in [0.15, 0.2) is 5.82 Å². The zero-order chi connectivity index (χ0) is 25.1. The van der Waals surface area contributed by atoms with E-state index in [1.807, 2.05) is 55.7 Å². The van der Waals surface area contributed by atoms with Gasteiger partial charge in [-0.1, -0.05) is 19.1 Å². The minimum atomic E-state index is -1.01. The summed E-state index contributed by atoms with van der Waals surface area (Å²) < 4.78 is 22.4. The Morgan fingerprint density at radius 3 is 2.69 bits per heavy atom. The summed E-state index contributed by atoms with van der Waals surface area (Å²) >= 11 is 0. The highest BCUT2D eigenvalue weighted by Crippen LogP contribution is 2.31. The first-order chi connectivity index (χ1) is 16.8. The minimum Gasteiger partial charge on any atom is -0.493 e. The molecule has 0 atom stereocenters. The molecule has 2 N–H and O–H groups in total. The lowest BCUT2D eigenvalue weighted by atomic mass is 9.99. The van der Waals surface area contributed by atoms with E-state index >= 15 is 0 Å². The number of ether oxygens (including phenoxy) is 1. The molecule has 2 heterocycles. The zero-order valence-corrected chi connectivity index (χ0v) is 20.4. The summed E-state index contributed by atoms with van der Waals surface area (Å²) in [6, 6.07) is 11.1. The van der Waals surface area contributed by atoms with E-state index in [0.717, 1.165) is 16.6 Å². The molecule has 4 aromatic rings. The first kappa shape index (κ1) is 24.2. The summed E-state index contributed by atoms with van der Waals surface area (Å²) in [6.45, 7) is 8.90. The number of rotatable bonds is 9. The van der Waals surface area contributed by atoms with Gasteiger partial charge in [0.1, 0.15) is 23.5 Å². The van der Waals surface area contributed by atoms with Crippen LogP contribution in [0.4, 0.5) is 10.2 Å². The Bertz CT molecular complexity index is 1400. The van der Waals surface area contributed by atoms with Crippen molar-refractivity contribution in [3.05, 3.63) is 70.9 Å². The van der Waals surface area contributed by atoms with Gasteiger partial charge in [-0.05, 0) is 56.5 Å². The smallest absolute Gasteiger partial charge is 0.339 e. The van der Waals surface area contributed by atoms with Crippen LogP contribution in [0.15, 0.2) is 42.7 Å². The number of hydrogen-bond donors (Lipinski definition) is 2. The Kier molecular flexibility index (Phi) is 7.00. The number of carbonyl (C=O) groups is 1. The monoisotopic (exact) mass is 476 g/mol. The van der Waals surface area contributed by atoms with Gasteiger partial charge in [0.25, 0.3) is 0 Å². The van der Waals surface area contributed by atoms with Crippen LogP contribution < -0.4 is 10.1 Å². The summed E-state index contributed by atoms with van der Waals surface area (Å²) in [5.41, 5.74) is 4.67. The van der Waals surface area contributed by atoms with Gasteiger partial charge in [0.2, 0.25) is 0 Å². The van der Waals surface area contributed by atoms with E-state index in [9.17, 15) is 14.3 Å². The van der Waals surface area contributed by atoms with Crippen molar-refractivity contribution in [1.29, 1.82) is 0 Å². The van der Waals surface area contributed by atoms with Crippen LogP contribution in [0.2, 0.25) is 0 Å². The van der Waals surface area contributed by atoms with Crippen molar-refractivity contribution in [1.82, 2.24) is 14.5 Å². The highest BCUT2D eigenvalue weighted by molar-refractivity contribution is 5.94. The van der Waals surface area contributed by atoms with Crippen molar-refractivity contribution >= 4 is 22.7 Å². The second-order valence-electron chi connectivity index (χ2n) is 8.34. The van der Waals surface area contributed by atoms with Crippen LogP contribution >= 0.6 is 0 Å². The Labute approximate surface area is 203 Å². The first-order valence-corrected chi connectivity index (χ1v) is 11.7. The lowest BCUT2D eigenvalue weighted by Gasteiger charge is -2.14. The van der Waals surface area contributed by atoms with Crippen LogP contribution in [0.1, 0.15) is 41.0 Å². The van der Waals surface area contributed by atoms with E-state index in [4.69, 9.17) is 4.74 Å². The fraction of sp³-hybridized carbons (Fsp3) is 0.296. The molecule has 2 aromatic heterocycles. The van der Waals surface area contributed by atoms with Crippen molar-refractivity contribution in [2.24, 2.45) is 0 Å². The Morgan fingerprint density at radius 1 is 1.17 bits per heavy atom. The molecule has 0 unspecified atom stereocenters. The summed E-state index contributed by atoms with van der Waals surface area (Å²) in [5, 5.41) is 13.6. The van der Waals surface area contributed by atoms with Crippen LogP contribution in [-0.2, 0) is 13.0 Å². The van der Waals surface area contributed by atoms with Gasteiger partial charge < -0.3 is 19.7 Å². The highest BCUT2D eigenvalue weighted by Gasteiger charge is 2.19. The highest BCUT2D eigenvalue weighted by atomic mass is 19.1. The minimum absolute atomic E-state index is 0.177. The molecule has 0 saturated carbocycles. The summed E-state index contributed by atoms with van der Waals surface area (Å²) in [5.74, 6) is -0.237. The van der Waals surface area contributed by atoms with Crippen LogP contribution in [0.25, 0.3) is 22.2 Å². The van der Waals surface area contributed by atoms with Gasteiger partial charge in [0, 0.05) is 30.1 Å². The molecule has 0 amide bonds. The van der Waals surface area contributed by atoms with Crippen LogP contribution in [0.3, 0.4) is 0 Å². The second kappa shape index (κ2) is 10.1. The number of aryl methyl sites for hydroxylation is 2. The number of hydrogen-bond acceptors (Lipinski definition) is 5. The molecule has 0 saturated heterocycles. The molecule has 0 fully saturated rings. The number of fused-ring (bicyclic) bond motifs is 1. The first-order valence-electron chi connectivity index (χ1n) is 11.7. The number of nitrogens with one attached hydrogen (secondary N) is 1. The number of carboxylic acid groups (broad SMARTS) is 1. The topological polar surface area (TPSA) is 89.3 Å². The molecule has 0 aliphatic heterocycles. The molecule has 0 aliphatic rings. The molecule has 182 valence electrons. The summed E-state index contributed by atoms with van der Waals surface area (Å²) in [6.07, 6.45) is 2.01. The van der Waals surface area contributed by atoms with Gasteiger partial charge in [-0.25, -0.2) is 19.2 Å². The van der Waals surface area contributed by atoms with E-state index < -0.39 is 5.97 Å². The van der Waals surface area contributed by atoms with Gasteiger partial charge in [0.05, 0.1) is 23.5 Å². The number of aromatic nitrogens is 3. The standard InChI is InChI=1S/C27H29FN4O3/c1-5-18-12-19(13-22(35-6-2)25(18)27(33)34)20-14-23(31-15-30-20)29-10-11-32-17(4)26(28)24-16(3)8-7-9-21(24)32/h7-9,12-15H,5-6,10-11H2,1-4H3,(H,33,34)(H,29,30,31). The molecule has 2 aromatic carbocycles. The van der Waals surface area contributed by atoms with Crippen molar-refractivity contribution in [3.8, 4) is 17.0 Å². The number of aromatic carboxylic acids is 1. The molecule has 8 heteroatoms. The number of carboxylic acids is 1. The largest absolute Gasteiger partial charge is 0.493 e. The molecular weight excluding hydrogens is 447 g/mol. The van der Waals surface area contributed by atoms with E-state index in [-0.39, 0.29) is 11.4 Å². The van der Waals surface area contributed by atoms with Crippen molar-refractivity contribution in [2.45, 2.75) is 40.7 Å². The average Bonchev–Trinajstić information content (AvgIpc) is 3.09. The summed E-state index contributed by atoms with van der Waals surface area (Å²) in [7, 11) is 0. The molecular formula is C27H29FN4O3. The third kappa shape index (κ3) is 4.69. The molecule has 4 rings (SSSR count). The molecule has 7 nitrogen and oxygen atoms in total. The van der Waals surface area contributed by atoms with Gasteiger partial charge >= 0.3 is 5.97 Å². The number of benzene rings is 2. The van der Waals surface area contributed by atoms with Gasteiger partial charge in [-0.3, -0.25) is 0 Å². The molecule has 35 heavy (non-hydrogen) atoms. The third-order valence-electron chi connectivity index (χ3n) is 6.17. The maximum atomic E-state index is 14.8. The maximum absolute atomic E-state index is 14.8. The maximum Gasteiger partial charge on any atom is 0.339 e. The normalized spacial score (nSPS) is 11.1. The predicted molar refractivity (Wildman–Crippen MR) is 135 cm³/mol. The van der Waals surface area contributed by atoms with E-state index in [1.165, 1.54) is 6.33 Å². The lowest BCUT2D eigenvalue weighted by Crippen LogP contribution is -2.12. The lowest BCUT2D eigenvalue weighted by molar-refractivity contribution is 0.0691. The van der Waals surface area contributed by atoms with E-state index in [0.29, 0.717) is 60.0 Å². The van der Waals surface area contributed by atoms with Crippen molar-refractivity contribution < 1.29 is 19.0 Å². The van der Waals surface area contributed by atoms with Crippen LogP contribution in [0, 0.1) is 19.7 Å². The number of halogens is 1. The second-order valence-corrected chi connectivity index (χ2v) is 8.34. The fourth-order valence-electron chi connectivity index (χ4n) is 4.45. The van der Waals surface area contributed by atoms with Gasteiger partial charge in [-0.2, -0.15) is 0 Å². The van der Waals surface area contributed by atoms with Crippen LogP contribution in [0.5, 0.6) is 5.75 Å². The van der Waals surface area contributed by atoms with Crippen molar-refractivity contribution in [2.75, 3.05) is 18.5 Å².